The maximum Gasteiger partial charge on any atom is 0.340 e. The maximum absolute atomic E-state index is 12.3. The summed E-state index contributed by atoms with van der Waals surface area (Å²) in [7, 11) is 3.14. The third-order valence-corrected chi connectivity index (χ3v) is 5.50. The fourth-order valence-electron chi connectivity index (χ4n) is 3.43. The molecule has 1 amide bonds. The van der Waals surface area contributed by atoms with Gasteiger partial charge in [-0.1, -0.05) is 6.42 Å². The molecule has 0 unspecified atom stereocenters. The van der Waals surface area contributed by atoms with Crippen LogP contribution in [0, 0.1) is 11.6 Å². The molecule has 8 heteroatoms. The number of benzene rings is 2. The molecule has 1 saturated carbocycles. The van der Waals surface area contributed by atoms with Crippen molar-refractivity contribution in [1.82, 2.24) is 0 Å². The quantitative estimate of drug-likeness (QED) is 0.518. The Labute approximate surface area is 166 Å². The minimum absolute atomic E-state index is 0.00663. The first-order chi connectivity index (χ1) is 13.3. The zero-order valence-electron chi connectivity index (χ0n) is 15.4. The van der Waals surface area contributed by atoms with E-state index in [1.807, 2.05) is 6.07 Å². The number of halogens is 2. The second-order valence-electron chi connectivity index (χ2n) is 6.67. The molecule has 4 rings (SSSR count). The van der Waals surface area contributed by atoms with Crippen LogP contribution >= 0.6 is 12.6 Å². The lowest BCUT2D eigenvalue weighted by Gasteiger charge is -2.36. The number of hydrogen-bond donors (Lipinski definition) is 3. The Morgan fingerprint density at radius 2 is 1.96 bits per heavy atom. The summed E-state index contributed by atoms with van der Waals surface area (Å²) in [6.45, 7) is 0. The first kappa shape index (κ1) is 20.1. The van der Waals surface area contributed by atoms with Gasteiger partial charge in [0, 0.05) is 23.7 Å². The van der Waals surface area contributed by atoms with Crippen molar-refractivity contribution in [2.75, 3.05) is 24.8 Å². The number of carbonyl (C=O) groups is 2. The lowest BCUT2D eigenvalue weighted by atomic mass is 9.65. The average molecular weight is 406 g/mol. The van der Waals surface area contributed by atoms with Crippen LogP contribution in [-0.2, 0) is 14.9 Å². The van der Waals surface area contributed by atoms with Gasteiger partial charge < -0.3 is 15.4 Å². The molecule has 28 heavy (non-hydrogen) atoms. The fraction of sp³-hybridized carbons (Fsp3) is 0.300. The molecule has 5 nitrogen and oxygen atoms in total. The minimum atomic E-state index is -0.627. The fourth-order valence-corrected chi connectivity index (χ4v) is 3.57. The van der Waals surface area contributed by atoms with E-state index in [9.17, 15) is 18.4 Å². The second-order valence-corrected chi connectivity index (χ2v) is 7.16. The Kier molecular flexibility index (Phi) is 5.60. The predicted molar refractivity (Wildman–Crippen MR) is 105 cm³/mol. The Morgan fingerprint density at radius 3 is 2.46 bits per heavy atom. The van der Waals surface area contributed by atoms with Crippen LogP contribution in [0.5, 0.6) is 0 Å². The number of esters is 1. The van der Waals surface area contributed by atoms with E-state index in [-0.39, 0.29) is 10.8 Å². The zero-order chi connectivity index (χ0) is 20.5. The van der Waals surface area contributed by atoms with Crippen molar-refractivity contribution >= 4 is 35.9 Å². The second kappa shape index (κ2) is 7.79. The van der Waals surface area contributed by atoms with Gasteiger partial charge in [0.25, 0.3) is 0 Å². The van der Waals surface area contributed by atoms with Crippen LogP contribution in [0.15, 0.2) is 35.2 Å². The van der Waals surface area contributed by atoms with E-state index < -0.39 is 23.0 Å². The smallest absolute Gasteiger partial charge is 0.340 e. The molecule has 1 fully saturated rings. The molecule has 148 valence electrons. The maximum atomic E-state index is 12.3. The molecule has 0 radical (unpaired) electrons. The summed E-state index contributed by atoms with van der Waals surface area (Å²) in [5.74, 6) is -1.62. The Bertz CT molecular complexity index is 945. The highest BCUT2D eigenvalue weighted by molar-refractivity contribution is 7.80. The summed E-state index contributed by atoms with van der Waals surface area (Å²) in [4.78, 5) is 24.2. The van der Waals surface area contributed by atoms with Crippen molar-refractivity contribution in [2.45, 2.75) is 29.6 Å². The zero-order valence-corrected chi connectivity index (χ0v) is 16.3. The number of methoxy groups -OCH3 is 1. The van der Waals surface area contributed by atoms with Crippen molar-refractivity contribution in [2.24, 2.45) is 0 Å². The largest absolute Gasteiger partial charge is 0.465 e. The summed E-state index contributed by atoms with van der Waals surface area (Å²) in [5.41, 5.74) is 2.36. The number of nitrogens with one attached hydrogen (secondary N) is 2. The molecular formula is C20H20F2N2O3S. The van der Waals surface area contributed by atoms with Gasteiger partial charge in [-0.2, -0.15) is 0 Å². The number of hydrogen-bond acceptors (Lipinski definition) is 5. The van der Waals surface area contributed by atoms with Gasteiger partial charge in [-0.25, -0.2) is 13.6 Å². The molecule has 1 heterocycles. The lowest BCUT2D eigenvalue weighted by molar-refractivity contribution is -0.123. The summed E-state index contributed by atoms with van der Waals surface area (Å²) >= 11 is 3.70. The van der Waals surface area contributed by atoms with E-state index in [4.69, 9.17) is 4.74 Å². The molecule has 1 aliphatic carbocycles. The number of fused-ring (bicyclic) bond motifs is 2. The lowest BCUT2D eigenvalue weighted by Crippen LogP contribution is -2.40. The Balaban J connectivity index is 0.000000211. The van der Waals surface area contributed by atoms with Crippen molar-refractivity contribution in [1.29, 1.82) is 0 Å². The molecule has 2 N–H and O–H groups in total. The summed E-state index contributed by atoms with van der Waals surface area (Å²) in [6, 6.07) is 6.89. The van der Waals surface area contributed by atoms with E-state index in [0.29, 0.717) is 11.3 Å². The summed E-state index contributed by atoms with van der Waals surface area (Å²) in [5, 5.41) is 5.89. The molecule has 1 spiro atoms. The minimum Gasteiger partial charge on any atom is -0.465 e. The van der Waals surface area contributed by atoms with E-state index in [1.54, 1.807) is 13.1 Å². The van der Waals surface area contributed by atoms with E-state index in [2.05, 4.69) is 23.3 Å². The highest BCUT2D eigenvalue weighted by Crippen LogP contribution is 2.52. The van der Waals surface area contributed by atoms with Gasteiger partial charge >= 0.3 is 5.97 Å². The number of ether oxygens (including phenoxy) is 1. The summed E-state index contributed by atoms with van der Waals surface area (Å²) in [6.07, 6.45) is 2.74. The van der Waals surface area contributed by atoms with E-state index in [0.717, 1.165) is 42.6 Å². The van der Waals surface area contributed by atoms with E-state index >= 15 is 0 Å². The van der Waals surface area contributed by atoms with Gasteiger partial charge in [0.05, 0.1) is 23.8 Å². The Morgan fingerprint density at radius 1 is 1.25 bits per heavy atom. The number of anilines is 2. The van der Waals surface area contributed by atoms with Crippen molar-refractivity contribution < 1.29 is 23.1 Å². The third kappa shape index (κ3) is 3.44. The van der Waals surface area contributed by atoms with Crippen LogP contribution in [0.4, 0.5) is 20.2 Å². The van der Waals surface area contributed by atoms with Gasteiger partial charge in [-0.05, 0) is 42.7 Å². The van der Waals surface area contributed by atoms with Gasteiger partial charge in [-0.15, -0.1) is 12.6 Å². The molecule has 2 aromatic carbocycles. The molecule has 0 saturated heterocycles. The van der Waals surface area contributed by atoms with Gasteiger partial charge in [0.1, 0.15) is 11.6 Å². The van der Waals surface area contributed by atoms with Crippen LogP contribution in [-0.4, -0.2) is 26.0 Å². The van der Waals surface area contributed by atoms with Crippen LogP contribution in [0.2, 0.25) is 0 Å². The molecule has 0 bridgehead atoms. The van der Waals surface area contributed by atoms with Gasteiger partial charge in [-0.3, -0.25) is 4.79 Å². The molecule has 0 aromatic heterocycles. The van der Waals surface area contributed by atoms with Crippen molar-refractivity contribution in [3.8, 4) is 0 Å². The van der Waals surface area contributed by atoms with E-state index in [1.165, 1.54) is 13.2 Å². The number of rotatable bonds is 2. The summed E-state index contributed by atoms with van der Waals surface area (Å²) < 4.78 is 29.1. The number of thiol groups is 1. The van der Waals surface area contributed by atoms with Crippen LogP contribution in [0.1, 0.15) is 35.2 Å². The number of carbonyl (C=O) groups excluding carboxylic acids is 2. The monoisotopic (exact) mass is 406 g/mol. The third-order valence-electron chi connectivity index (χ3n) is 5.14. The van der Waals surface area contributed by atoms with Gasteiger partial charge in [0.2, 0.25) is 5.91 Å². The Hall–Kier alpha value is -2.61. The normalized spacial score (nSPS) is 15.7. The molecular weight excluding hydrogens is 386 g/mol. The molecule has 0 atom stereocenters. The first-order valence-corrected chi connectivity index (χ1v) is 9.17. The van der Waals surface area contributed by atoms with Crippen molar-refractivity contribution in [3.63, 3.8) is 0 Å². The first-order valence-electron chi connectivity index (χ1n) is 8.72. The van der Waals surface area contributed by atoms with Gasteiger partial charge in [0.15, 0.2) is 0 Å². The van der Waals surface area contributed by atoms with Crippen LogP contribution < -0.4 is 10.6 Å². The molecule has 2 aliphatic rings. The van der Waals surface area contributed by atoms with Crippen LogP contribution in [0.25, 0.3) is 0 Å². The molecule has 1 aliphatic heterocycles. The standard InChI is InChI=1S/C14H16N2O3.C6H4F2S/c1-15-8-6-9(12(17)19-2)11-10(7-8)14(4-3-5-14)13(18)16-11;7-4-1-2-6(9)5(8)3-4/h6-7,15H,3-5H2,1-2H3,(H,16,18);1-3,9H. The SMILES string of the molecule is CNc1cc(C(=O)OC)c2c(c1)C1(CCC1)C(=O)N2.Fc1ccc(S)c(F)c1. The van der Waals surface area contributed by atoms with Crippen LogP contribution in [0.3, 0.4) is 0 Å². The highest BCUT2D eigenvalue weighted by atomic mass is 32.1. The van der Waals surface area contributed by atoms with Crippen molar-refractivity contribution in [3.05, 3.63) is 53.1 Å². The topological polar surface area (TPSA) is 67.4 Å². The average Bonchev–Trinajstić information content (AvgIpc) is 2.95. The number of amides is 1. The highest BCUT2D eigenvalue weighted by Gasteiger charge is 2.52. The molecule has 2 aromatic rings. The predicted octanol–water partition coefficient (Wildman–Crippen LogP) is 4.14.